The average Bonchev–Trinajstić information content (AvgIpc) is 3.26. The van der Waals surface area contributed by atoms with Gasteiger partial charge >= 0.3 is 0 Å². The molecule has 0 atom stereocenters. The number of aliphatic imine (C=N–C) groups is 1. The van der Waals surface area contributed by atoms with Gasteiger partial charge in [-0.05, 0) is 43.2 Å². The summed E-state index contributed by atoms with van der Waals surface area (Å²) in [5.74, 6) is 1.16. The third-order valence-corrected chi connectivity index (χ3v) is 4.56. The van der Waals surface area contributed by atoms with Crippen LogP contribution in [0, 0.1) is 6.92 Å². The number of aryl methyl sites for hydroxylation is 1. The molecule has 2 aromatic heterocycles. The van der Waals surface area contributed by atoms with E-state index >= 15 is 0 Å². The minimum atomic E-state index is -0.0917. The molecule has 3 rings (SSSR count). The van der Waals surface area contributed by atoms with Gasteiger partial charge in [-0.2, -0.15) is 5.10 Å². The lowest BCUT2D eigenvalue weighted by atomic mass is 10.1. The average molecular weight is 547 g/mol. The van der Waals surface area contributed by atoms with Crippen LogP contribution in [0.4, 0.5) is 5.82 Å². The lowest BCUT2D eigenvalue weighted by Crippen LogP contribution is -2.38. The highest BCUT2D eigenvalue weighted by Crippen LogP contribution is 2.11. The Bertz CT molecular complexity index is 1010. The van der Waals surface area contributed by atoms with Gasteiger partial charge in [0.2, 0.25) is 5.91 Å². The minimum absolute atomic E-state index is 0. The Morgan fingerprint density at radius 1 is 1.06 bits per heavy atom. The molecular formula is C23H30IN7O. The van der Waals surface area contributed by atoms with Crippen molar-refractivity contribution in [3.63, 3.8) is 0 Å². The van der Waals surface area contributed by atoms with Crippen LogP contribution in [0.25, 0.3) is 0 Å². The van der Waals surface area contributed by atoms with Crippen LogP contribution in [0.5, 0.6) is 0 Å². The van der Waals surface area contributed by atoms with Crippen molar-refractivity contribution in [3.8, 4) is 0 Å². The molecule has 0 aliphatic carbocycles. The summed E-state index contributed by atoms with van der Waals surface area (Å²) in [6.45, 7) is 6.35. The van der Waals surface area contributed by atoms with Gasteiger partial charge < -0.3 is 16.0 Å². The summed E-state index contributed by atoms with van der Waals surface area (Å²) >= 11 is 0. The molecule has 2 heterocycles. The SMILES string of the molecule is CCNC(=NCc1ccccc1Cn1cccn1)NCCC(=O)Nc1cccc(C)n1.I. The molecule has 9 heteroatoms. The Labute approximate surface area is 206 Å². The van der Waals surface area contributed by atoms with Crippen molar-refractivity contribution in [2.75, 3.05) is 18.4 Å². The number of aromatic nitrogens is 3. The van der Waals surface area contributed by atoms with Crippen molar-refractivity contribution in [2.45, 2.75) is 33.4 Å². The molecule has 1 aromatic carbocycles. The predicted octanol–water partition coefficient (Wildman–Crippen LogP) is 3.34. The number of hydrogen-bond donors (Lipinski definition) is 3. The van der Waals surface area contributed by atoms with Crippen molar-refractivity contribution in [3.05, 3.63) is 77.7 Å². The van der Waals surface area contributed by atoms with Gasteiger partial charge in [0.15, 0.2) is 5.96 Å². The molecule has 3 aromatic rings. The van der Waals surface area contributed by atoms with E-state index in [1.807, 2.05) is 55.1 Å². The van der Waals surface area contributed by atoms with Crippen LogP contribution in [-0.2, 0) is 17.9 Å². The van der Waals surface area contributed by atoms with Gasteiger partial charge in [0, 0.05) is 37.6 Å². The Morgan fingerprint density at radius 2 is 1.88 bits per heavy atom. The van der Waals surface area contributed by atoms with Crippen LogP contribution < -0.4 is 16.0 Å². The molecule has 3 N–H and O–H groups in total. The van der Waals surface area contributed by atoms with Gasteiger partial charge in [-0.1, -0.05) is 30.3 Å². The van der Waals surface area contributed by atoms with Gasteiger partial charge in [0.1, 0.15) is 5.82 Å². The summed E-state index contributed by atoms with van der Waals surface area (Å²) in [6.07, 6.45) is 4.04. The molecule has 8 nitrogen and oxygen atoms in total. The van der Waals surface area contributed by atoms with E-state index in [2.05, 4.69) is 43.2 Å². The van der Waals surface area contributed by atoms with E-state index in [9.17, 15) is 4.79 Å². The van der Waals surface area contributed by atoms with Crippen LogP contribution in [-0.4, -0.2) is 39.7 Å². The third-order valence-electron chi connectivity index (χ3n) is 4.56. The summed E-state index contributed by atoms with van der Waals surface area (Å²) in [6, 6.07) is 15.7. The summed E-state index contributed by atoms with van der Waals surface area (Å²) in [7, 11) is 0. The fraction of sp³-hybridized carbons (Fsp3) is 0.304. The van der Waals surface area contributed by atoms with E-state index < -0.39 is 0 Å². The van der Waals surface area contributed by atoms with Crippen LogP contribution >= 0.6 is 24.0 Å². The number of amides is 1. The van der Waals surface area contributed by atoms with Gasteiger partial charge in [0.05, 0.1) is 13.1 Å². The van der Waals surface area contributed by atoms with Crippen LogP contribution in [0.2, 0.25) is 0 Å². The van der Waals surface area contributed by atoms with Gasteiger partial charge in [-0.3, -0.25) is 9.48 Å². The second kappa shape index (κ2) is 13.5. The van der Waals surface area contributed by atoms with E-state index in [0.717, 1.165) is 17.8 Å². The van der Waals surface area contributed by atoms with Gasteiger partial charge in [-0.25, -0.2) is 9.98 Å². The molecule has 0 saturated carbocycles. The second-order valence-corrected chi connectivity index (χ2v) is 7.06. The molecule has 1 amide bonds. The zero-order valence-electron chi connectivity index (χ0n) is 18.4. The zero-order valence-corrected chi connectivity index (χ0v) is 20.7. The maximum absolute atomic E-state index is 12.2. The van der Waals surface area contributed by atoms with Gasteiger partial charge in [-0.15, -0.1) is 24.0 Å². The van der Waals surface area contributed by atoms with Crippen LogP contribution in [0.15, 0.2) is 65.9 Å². The molecule has 0 radical (unpaired) electrons. The first kappa shape index (κ1) is 25.3. The number of nitrogens with zero attached hydrogens (tertiary/aromatic N) is 4. The molecule has 0 spiro atoms. The Kier molecular flexibility index (Phi) is 10.6. The Balaban J connectivity index is 0.00000363. The fourth-order valence-electron chi connectivity index (χ4n) is 3.05. The number of benzene rings is 1. The smallest absolute Gasteiger partial charge is 0.227 e. The lowest BCUT2D eigenvalue weighted by Gasteiger charge is -2.13. The summed E-state index contributed by atoms with van der Waals surface area (Å²) in [4.78, 5) is 21.2. The monoisotopic (exact) mass is 547 g/mol. The van der Waals surface area contributed by atoms with Crippen molar-refractivity contribution in [1.29, 1.82) is 0 Å². The molecule has 170 valence electrons. The first-order valence-electron chi connectivity index (χ1n) is 10.4. The highest BCUT2D eigenvalue weighted by atomic mass is 127. The van der Waals surface area contributed by atoms with E-state index in [1.165, 1.54) is 5.56 Å². The van der Waals surface area contributed by atoms with Crippen LogP contribution in [0.1, 0.15) is 30.2 Å². The quantitative estimate of drug-likeness (QED) is 0.217. The highest BCUT2D eigenvalue weighted by Gasteiger charge is 2.06. The van der Waals surface area contributed by atoms with E-state index in [4.69, 9.17) is 0 Å². The summed E-state index contributed by atoms with van der Waals surface area (Å²) < 4.78 is 1.90. The number of rotatable bonds is 9. The molecule has 32 heavy (non-hydrogen) atoms. The summed E-state index contributed by atoms with van der Waals surface area (Å²) in [5.41, 5.74) is 3.18. The molecule has 0 fully saturated rings. The number of carbonyl (C=O) groups excluding carboxylic acids is 1. The van der Waals surface area contributed by atoms with Crippen molar-refractivity contribution in [2.24, 2.45) is 4.99 Å². The maximum Gasteiger partial charge on any atom is 0.227 e. The molecule has 0 unspecified atom stereocenters. The predicted molar refractivity (Wildman–Crippen MR) is 138 cm³/mol. The molecule has 0 aliphatic rings. The number of halogens is 1. The highest BCUT2D eigenvalue weighted by molar-refractivity contribution is 14.0. The van der Waals surface area contributed by atoms with E-state index in [-0.39, 0.29) is 29.9 Å². The molecule has 0 aliphatic heterocycles. The number of pyridine rings is 1. The second-order valence-electron chi connectivity index (χ2n) is 7.06. The normalized spacial score (nSPS) is 10.9. The number of anilines is 1. The number of carbonyl (C=O) groups is 1. The first-order valence-corrected chi connectivity index (χ1v) is 10.4. The largest absolute Gasteiger partial charge is 0.357 e. The van der Waals surface area contributed by atoms with Crippen molar-refractivity contribution in [1.82, 2.24) is 25.4 Å². The number of guanidine groups is 1. The third kappa shape index (κ3) is 8.29. The minimum Gasteiger partial charge on any atom is -0.357 e. The zero-order chi connectivity index (χ0) is 21.9. The topological polar surface area (TPSA) is 96.2 Å². The maximum atomic E-state index is 12.2. The number of nitrogens with one attached hydrogen (secondary N) is 3. The Morgan fingerprint density at radius 3 is 2.59 bits per heavy atom. The van der Waals surface area contributed by atoms with Crippen molar-refractivity contribution >= 4 is 41.7 Å². The molecule has 0 saturated heterocycles. The van der Waals surface area contributed by atoms with Crippen molar-refractivity contribution < 1.29 is 4.79 Å². The first-order chi connectivity index (χ1) is 15.1. The van der Waals surface area contributed by atoms with E-state index in [1.54, 1.807) is 12.3 Å². The van der Waals surface area contributed by atoms with E-state index in [0.29, 0.717) is 37.8 Å². The number of hydrogen-bond acceptors (Lipinski definition) is 4. The molecule has 0 bridgehead atoms. The summed E-state index contributed by atoms with van der Waals surface area (Å²) in [5, 5.41) is 13.5. The van der Waals surface area contributed by atoms with Gasteiger partial charge in [0.25, 0.3) is 0 Å². The molecular weight excluding hydrogens is 517 g/mol. The standard InChI is InChI=1S/C23H29N7O.HI/c1-3-24-23(25-14-12-22(31)29-21-11-6-8-18(2)28-21)26-16-19-9-4-5-10-20(19)17-30-15-7-13-27-30;/h4-11,13,15H,3,12,14,16-17H2,1-2H3,(H2,24,25,26)(H,28,29,31);1H. The van der Waals surface area contributed by atoms with Crippen LogP contribution in [0.3, 0.4) is 0 Å². The lowest BCUT2D eigenvalue weighted by molar-refractivity contribution is -0.116. The Hall–Kier alpha value is -2.95. The fourth-order valence-corrected chi connectivity index (χ4v) is 3.05.